The summed E-state index contributed by atoms with van der Waals surface area (Å²) >= 11 is 0. The Kier molecular flexibility index (Phi) is 3.18. The van der Waals surface area contributed by atoms with Gasteiger partial charge in [0.1, 0.15) is 13.2 Å². The molecule has 0 amide bonds. The first-order valence-corrected chi connectivity index (χ1v) is 5.22. The first kappa shape index (κ1) is 12.0. The number of carbonyl (C=O) groups excluding carboxylic acids is 1. The smallest absolute Gasteiger partial charge is 0.328 e. The number of anilines is 1. The zero-order chi connectivity index (χ0) is 13.1. The Hall–Kier alpha value is -2.50. The summed E-state index contributed by atoms with van der Waals surface area (Å²) in [5.74, 6) is -0.772. The molecule has 6 heteroatoms. The van der Waals surface area contributed by atoms with E-state index in [1.165, 1.54) is 12.1 Å². The summed E-state index contributed by atoms with van der Waals surface area (Å²) in [6.07, 6.45) is 1.71. The Balaban J connectivity index is 2.33. The minimum absolute atomic E-state index is 0.191. The van der Waals surface area contributed by atoms with Crippen LogP contribution in [-0.2, 0) is 4.79 Å². The molecule has 2 rings (SSSR count). The number of carboxylic acids is 1. The quantitative estimate of drug-likeness (QED) is 0.468. The highest BCUT2D eigenvalue weighted by molar-refractivity contribution is 6.10. The third-order valence-electron chi connectivity index (χ3n) is 2.36. The number of allylic oxidation sites excluding steroid dienone is 1. The van der Waals surface area contributed by atoms with Crippen molar-refractivity contribution in [1.82, 2.24) is 0 Å². The minimum Gasteiger partial charge on any atom is -0.486 e. The number of fused-ring (bicyclic) bond motifs is 1. The summed E-state index contributed by atoms with van der Waals surface area (Å²) in [4.78, 5) is 22.1. The molecule has 0 radical (unpaired) electrons. The third kappa shape index (κ3) is 2.42. The largest absolute Gasteiger partial charge is 0.486 e. The molecule has 1 aromatic carbocycles. The lowest BCUT2D eigenvalue weighted by molar-refractivity contribution is -0.131. The van der Waals surface area contributed by atoms with Gasteiger partial charge in [0.05, 0.1) is 0 Å². The fourth-order valence-electron chi connectivity index (χ4n) is 1.55. The van der Waals surface area contributed by atoms with E-state index >= 15 is 0 Å². The maximum absolute atomic E-state index is 11.7. The summed E-state index contributed by atoms with van der Waals surface area (Å²) in [6, 6.07) is 2.95. The molecule has 6 nitrogen and oxygen atoms in total. The van der Waals surface area contributed by atoms with E-state index in [1.807, 2.05) is 0 Å². The Labute approximate surface area is 103 Å². The van der Waals surface area contributed by atoms with E-state index in [9.17, 15) is 9.59 Å². The Morgan fingerprint density at radius 3 is 2.39 bits per heavy atom. The number of ether oxygens (including phenoxy) is 2. The molecule has 0 saturated carbocycles. The lowest BCUT2D eigenvalue weighted by Gasteiger charge is -2.19. The monoisotopic (exact) mass is 249 g/mol. The van der Waals surface area contributed by atoms with Crippen molar-refractivity contribution in [2.75, 3.05) is 18.9 Å². The molecule has 18 heavy (non-hydrogen) atoms. The average molecular weight is 249 g/mol. The Morgan fingerprint density at radius 1 is 1.17 bits per heavy atom. The van der Waals surface area contributed by atoms with Crippen LogP contribution in [0.1, 0.15) is 10.4 Å². The van der Waals surface area contributed by atoms with Gasteiger partial charge in [-0.2, -0.15) is 0 Å². The van der Waals surface area contributed by atoms with Crippen LogP contribution >= 0.6 is 0 Å². The average Bonchev–Trinajstić information content (AvgIpc) is 2.35. The minimum atomic E-state index is -1.19. The molecule has 0 aliphatic carbocycles. The highest BCUT2D eigenvalue weighted by Gasteiger charge is 2.17. The van der Waals surface area contributed by atoms with Crippen LogP contribution in [0.5, 0.6) is 11.5 Å². The van der Waals surface area contributed by atoms with Crippen LogP contribution in [0.4, 0.5) is 5.69 Å². The van der Waals surface area contributed by atoms with Gasteiger partial charge in [0.2, 0.25) is 0 Å². The van der Waals surface area contributed by atoms with Crippen molar-refractivity contribution in [3.8, 4) is 11.5 Å². The lowest BCUT2D eigenvalue weighted by atomic mass is 10.1. The molecular weight excluding hydrogens is 238 g/mol. The van der Waals surface area contributed by atoms with Gasteiger partial charge in [0, 0.05) is 23.4 Å². The molecule has 1 heterocycles. The molecule has 1 aliphatic heterocycles. The molecule has 0 fully saturated rings. The molecule has 0 aromatic heterocycles. The van der Waals surface area contributed by atoms with Crippen LogP contribution in [0.25, 0.3) is 0 Å². The van der Waals surface area contributed by atoms with Crippen LogP contribution in [0, 0.1) is 0 Å². The van der Waals surface area contributed by atoms with Crippen LogP contribution in [0.15, 0.2) is 24.3 Å². The molecule has 1 aliphatic rings. The van der Waals surface area contributed by atoms with Crippen molar-refractivity contribution in [2.24, 2.45) is 0 Å². The van der Waals surface area contributed by atoms with Gasteiger partial charge in [0.15, 0.2) is 17.3 Å². The van der Waals surface area contributed by atoms with Crippen molar-refractivity contribution in [3.63, 3.8) is 0 Å². The Bertz CT molecular complexity index is 536. The number of aliphatic carboxylic acids is 1. The molecule has 0 spiro atoms. The molecule has 0 atom stereocenters. The number of carboxylic acid groups (broad SMARTS) is 1. The maximum atomic E-state index is 11.7. The van der Waals surface area contributed by atoms with Gasteiger partial charge in [-0.25, -0.2) is 4.79 Å². The van der Waals surface area contributed by atoms with E-state index in [1.54, 1.807) is 0 Å². The fourth-order valence-corrected chi connectivity index (χ4v) is 1.55. The highest BCUT2D eigenvalue weighted by Crippen LogP contribution is 2.34. The molecule has 0 saturated heterocycles. The van der Waals surface area contributed by atoms with Gasteiger partial charge < -0.3 is 20.3 Å². The summed E-state index contributed by atoms with van der Waals surface area (Å²) in [7, 11) is 0. The summed E-state index contributed by atoms with van der Waals surface area (Å²) in [5.41, 5.74) is 6.13. The van der Waals surface area contributed by atoms with Crippen LogP contribution in [-0.4, -0.2) is 30.1 Å². The van der Waals surface area contributed by atoms with E-state index in [4.69, 9.17) is 20.3 Å². The molecule has 3 N–H and O–H groups in total. The van der Waals surface area contributed by atoms with Gasteiger partial charge >= 0.3 is 5.97 Å². The standard InChI is InChI=1S/C12H11NO5/c13-8-6-11-10(17-3-4-18-11)5-7(8)9(14)1-2-12(15)16/h1-2,5-6H,3-4,13H2,(H,15,16)/b2-1+. The number of hydrogen-bond acceptors (Lipinski definition) is 5. The van der Waals surface area contributed by atoms with Crippen molar-refractivity contribution in [2.45, 2.75) is 0 Å². The predicted octanol–water partition coefficient (Wildman–Crippen LogP) is 0.863. The first-order valence-electron chi connectivity index (χ1n) is 5.22. The number of hydrogen-bond donors (Lipinski definition) is 2. The van der Waals surface area contributed by atoms with Crippen LogP contribution < -0.4 is 15.2 Å². The molecule has 94 valence electrons. The van der Waals surface area contributed by atoms with Gasteiger partial charge in [-0.15, -0.1) is 0 Å². The highest BCUT2D eigenvalue weighted by atomic mass is 16.6. The van der Waals surface area contributed by atoms with Crippen LogP contribution in [0.2, 0.25) is 0 Å². The van der Waals surface area contributed by atoms with Gasteiger partial charge in [0.25, 0.3) is 0 Å². The molecule has 1 aromatic rings. The van der Waals surface area contributed by atoms with Gasteiger partial charge in [-0.05, 0) is 12.1 Å². The zero-order valence-corrected chi connectivity index (χ0v) is 9.38. The van der Waals surface area contributed by atoms with Crippen molar-refractivity contribution in [1.29, 1.82) is 0 Å². The number of nitrogens with two attached hydrogens (primary N) is 1. The van der Waals surface area contributed by atoms with Crippen LogP contribution in [0.3, 0.4) is 0 Å². The molecular formula is C12H11NO5. The zero-order valence-electron chi connectivity index (χ0n) is 9.38. The van der Waals surface area contributed by atoms with E-state index in [0.717, 1.165) is 12.2 Å². The first-order chi connectivity index (χ1) is 8.58. The van der Waals surface area contributed by atoms with E-state index in [2.05, 4.69) is 0 Å². The summed E-state index contributed by atoms with van der Waals surface area (Å²) in [6.45, 7) is 0.828. The normalized spacial score (nSPS) is 13.6. The number of nitrogen functional groups attached to an aromatic ring is 1. The predicted molar refractivity (Wildman–Crippen MR) is 63.0 cm³/mol. The lowest BCUT2D eigenvalue weighted by Crippen LogP contribution is -2.16. The van der Waals surface area contributed by atoms with E-state index < -0.39 is 11.8 Å². The fraction of sp³-hybridized carbons (Fsp3) is 0.167. The SMILES string of the molecule is Nc1cc2c(cc1C(=O)/C=C/C(=O)O)OCCO2. The third-order valence-corrected chi connectivity index (χ3v) is 2.36. The van der Waals surface area contributed by atoms with Gasteiger partial charge in [-0.3, -0.25) is 4.79 Å². The molecule has 0 bridgehead atoms. The van der Waals surface area contributed by atoms with E-state index in [-0.39, 0.29) is 11.3 Å². The maximum Gasteiger partial charge on any atom is 0.328 e. The van der Waals surface area contributed by atoms with Crippen molar-refractivity contribution < 1.29 is 24.2 Å². The summed E-state index contributed by atoms with van der Waals surface area (Å²) < 4.78 is 10.6. The second-order valence-electron chi connectivity index (χ2n) is 3.62. The molecule has 0 unspecified atom stereocenters. The van der Waals surface area contributed by atoms with Crippen molar-refractivity contribution in [3.05, 3.63) is 29.8 Å². The number of rotatable bonds is 3. The second kappa shape index (κ2) is 4.79. The number of ketones is 1. The number of carbonyl (C=O) groups is 2. The van der Waals surface area contributed by atoms with E-state index in [0.29, 0.717) is 24.7 Å². The van der Waals surface area contributed by atoms with Crippen molar-refractivity contribution >= 4 is 17.4 Å². The Morgan fingerprint density at radius 2 is 1.78 bits per heavy atom. The topological polar surface area (TPSA) is 98.9 Å². The van der Waals surface area contributed by atoms with Gasteiger partial charge in [-0.1, -0.05) is 0 Å². The second-order valence-corrected chi connectivity index (χ2v) is 3.62. The number of benzene rings is 1. The summed E-state index contributed by atoms with van der Waals surface area (Å²) in [5, 5.41) is 8.46.